The number of amides is 1. The molecule has 130 valence electrons. The van der Waals surface area contributed by atoms with Crippen LogP contribution in [0.1, 0.15) is 17.5 Å². The van der Waals surface area contributed by atoms with Crippen molar-refractivity contribution in [2.75, 3.05) is 18.6 Å². The molecule has 0 unspecified atom stereocenters. The number of nitrogens with zero attached hydrogens (tertiary/aromatic N) is 1. The molecule has 0 aromatic heterocycles. The summed E-state index contributed by atoms with van der Waals surface area (Å²) in [4.78, 5) is 26.5. The zero-order chi connectivity index (χ0) is 18.0. The Kier molecular flexibility index (Phi) is 4.74. The van der Waals surface area contributed by atoms with Gasteiger partial charge in [-0.1, -0.05) is 18.2 Å². The highest BCUT2D eigenvalue weighted by molar-refractivity contribution is 6.00. The summed E-state index contributed by atoms with van der Waals surface area (Å²) >= 11 is 0. The lowest BCUT2D eigenvalue weighted by molar-refractivity contribution is -0.139. The summed E-state index contributed by atoms with van der Waals surface area (Å²) in [6.07, 6.45) is 0.141. The van der Waals surface area contributed by atoms with Crippen molar-refractivity contribution in [2.24, 2.45) is 5.92 Å². The quantitative estimate of drug-likeness (QED) is 0.634. The molecule has 0 bridgehead atoms. The molecule has 1 saturated heterocycles. The number of benzene rings is 2. The number of ether oxygens (including phenoxy) is 2. The van der Waals surface area contributed by atoms with Gasteiger partial charge in [-0.15, -0.1) is 0 Å². The van der Waals surface area contributed by atoms with Crippen molar-refractivity contribution in [1.29, 1.82) is 0 Å². The molecule has 5 nitrogen and oxygen atoms in total. The fourth-order valence-corrected chi connectivity index (χ4v) is 3.14. The number of aryl methyl sites for hydroxylation is 2. The molecule has 1 atom stereocenters. The van der Waals surface area contributed by atoms with Crippen LogP contribution in [0.3, 0.4) is 0 Å². The third kappa shape index (κ3) is 3.65. The Morgan fingerprint density at radius 1 is 1.12 bits per heavy atom. The predicted molar refractivity (Wildman–Crippen MR) is 95.0 cm³/mol. The minimum absolute atomic E-state index is 0.105. The first-order chi connectivity index (χ1) is 12.0. The smallest absolute Gasteiger partial charge is 0.316 e. The first-order valence-corrected chi connectivity index (χ1v) is 8.21. The van der Waals surface area contributed by atoms with Gasteiger partial charge < -0.3 is 14.4 Å². The van der Waals surface area contributed by atoms with Gasteiger partial charge in [0.15, 0.2) is 0 Å². The Morgan fingerprint density at radius 3 is 2.48 bits per heavy atom. The van der Waals surface area contributed by atoms with Crippen LogP contribution in [0, 0.1) is 19.8 Å². The molecule has 2 aromatic carbocycles. The normalized spacial score (nSPS) is 16.8. The van der Waals surface area contributed by atoms with E-state index in [2.05, 4.69) is 0 Å². The Bertz CT molecular complexity index is 795. The van der Waals surface area contributed by atoms with E-state index in [1.54, 1.807) is 18.1 Å². The van der Waals surface area contributed by atoms with Gasteiger partial charge in [-0.2, -0.15) is 0 Å². The number of para-hydroxylation sites is 2. The molecular formula is C20H21NO4. The van der Waals surface area contributed by atoms with Crippen molar-refractivity contribution in [3.63, 3.8) is 0 Å². The number of anilines is 1. The number of rotatable bonds is 4. The second-order valence-electron chi connectivity index (χ2n) is 6.32. The number of hydrogen-bond donors (Lipinski definition) is 0. The van der Waals surface area contributed by atoms with E-state index in [1.807, 2.05) is 50.2 Å². The molecule has 0 spiro atoms. The standard InChI is InChI=1S/C20H21NO4/c1-13-8-14(2)10-16(9-13)25-20(23)15-11-19(22)21(12-15)17-6-4-5-7-18(17)24-3/h4-10,15H,11-12H2,1-3H3/t15-/m1/s1. The number of esters is 1. The van der Waals surface area contributed by atoms with Gasteiger partial charge in [0.1, 0.15) is 11.5 Å². The zero-order valence-corrected chi connectivity index (χ0v) is 14.6. The van der Waals surface area contributed by atoms with Gasteiger partial charge in [-0.25, -0.2) is 0 Å². The molecule has 2 aromatic rings. The van der Waals surface area contributed by atoms with Crippen molar-refractivity contribution in [3.05, 3.63) is 53.6 Å². The van der Waals surface area contributed by atoms with Crippen LogP contribution in [0.5, 0.6) is 11.5 Å². The van der Waals surface area contributed by atoms with Crippen molar-refractivity contribution in [1.82, 2.24) is 0 Å². The molecule has 0 saturated carbocycles. The van der Waals surface area contributed by atoms with Gasteiger partial charge >= 0.3 is 5.97 Å². The summed E-state index contributed by atoms with van der Waals surface area (Å²) in [7, 11) is 1.56. The SMILES string of the molecule is COc1ccccc1N1C[C@H](C(=O)Oc2cc(C)cc(C)c2)CC1=O. The second-order valence-corrected chi connectivity index (χ2v) is 6.32. The zero-order valence-electron chi connectivity index (χ0n) is 14.6. The number of hydrogen-bond acceptors (Lipinski definition) is 4. The van der Waals surface area contributed by atoms with Crippen LogP contribution in [0.2, 0.25) is 0 Å². The summed E-state index contributed by atoms with van der Waals surface area (Å²) in [5.41, 5.74) is 2.73. The van der Waals surface area contributed by atoms with Crippen LogP contribution in [0.15, 0.2) is 42.5 Å². The van der Waals surface area contributed by atoms with Crippen molar-refractivity contribution >= 4 is 17.6 Å². The molecular weight excluding hydrogens is 318 g/mol. The molecule has 1 heterocycles. The fourth-order valence-electron chi connectivity index (χ4n) is 3.14. The average Bonchev–Trinajstić information content (AvgIpc) is 2.95. The molecule has 3 rings (SSSR count). The summed E-state index contributed by atoms with van der Waals surface area (Å²) in [6, 6.07) is 12.9. The Labute approximate surface area is 147 Å². The van der Waals surface area contributed by atoms with E-state index in [1.165, 1.54) is 0 Å². The highest BCUT2D eigenvalue weighted by Crippen LogP contribution is 2.33. The lowest BCUT2D eigenvalue weighted by Crippen LogP contribution is -2.27. The average molecular weight is 339 g/mol. The maximum Gasteiger partial charge on any atom is 0.316 e. The summed E-state index contributed by atoms with van der Waals surface area (Å²) in [6.45, 7) is 4.20. The van der Waals surface area contributed by atoms with Gasteiger partial charge in [-0.3, -0.25) is 9.59 Å². The first kappa shape index (κ1) is 17.0. The minimum Gasteiger partial charge on any atom is -0.495 e. The molecule has 1 amide bonds. The summed E-state index contributed by atoms with van der Waals surface area (Å²) in [5, 5.41) is 0. The minimum atomic E-state index is -0.488. The van der Waals surface area contributed by atoms with Crippen LogP contribution in [0.25, 0.3) is 0 Å². The van der Waals surface area contributed by atoms with E-state index < -0.39 is 5.92 Å². The molecule has 1 fully saturated rings. The maximum absolute atomic E-state index is 12.5. The topological polar surface area (TPSA) is 55.8 Å². The molecule has 0 N–H and O–H groups in total. The summed E-state index contributed by atoms with van der Waals surface area (Å²) < 4.78 is 10.8. The van der Waals surface area contributed by atoms with E-state index in [9.17, 15) is 9.59 Å². The Morgan fingerprint density at radius 2 is 1.80 bits per heavy atom. The van der Waals surface area contributed by atoms with Crippen LogP contribution in [0.4, 0.5) is 5.69 Å². The van der Waals surface area contributed by atoms with Crippen LogP contribution in [-0.2, 0) is 9.59 Å². The van der Waals surface area contributed by atoms with Gasteiger partial charge in [-0.05, 0) is 49.2 Å². The lowest BCUT2D eigenvalue weighted by Gasteiger charge is -2.19. The molecule has 5 heteroatoms. The Hall–Kier alpha value is -2.82. The van der Waals surface area contributed by atoms with Gasteiger partial charge in [0.05, 0.1) is 18.7 Å². The number of carbonyl (C=O) groups is 2. The third-order valence-electron chi connectivity index (χ3n) is 4.25. The van der Waals surface area contributed by atoms with E-state index in [4.69, 9.17) is 9.47 Å². The van der Waals surface area contributed by atoms with Crippen LogP contribution >= 0.6 is 0 Å². The lowest BCUT2D eigenvalue weighted by atomic mass is 10.1. The largest absolute Gasteiger partial charge is 0.495 e. The molecule has 0 aliphatic carbocycles. The van der Waals surface area contributed by atoms with Crippen LogP contribution < -0.4 is 14.4 Å². The summed E-state index contributed by atoms with van der Waals surface area (Å²) in [5.74, 6) is 0.158. The maximum atomic E-state index is 12.5. The molecule has 1 aliphatic rings. The predicted octanol–water partition coefficient (Wildman–Crippen LogP) is 3.27. The van der Waals surface area contributed by atoms with E-state index in [0.29, 0.717) is 23.7 Å². The van der Waals surface area contributed by atoms with E-state index in [0.717, 1.165) is 11.1 Å². The highest BCUT2D eigenvalue weighted by atomic mass is 16.5. The van der Waals surface area contributed by atoms with Crippen molar-refractivity contribution in [2.45, 2.75) is 20.3 Å². The fraction of sp³-hybridized carbons (Fsp3) is 0.300. The molecule has 1 aliphatic heterocycles. The van der Waals surface area contributed by atoms with Crippen molar-refractivity contribution < 1.29 is 19.1 Å². The van der Waals surface area contributed by atoms with Gasteiger partial charge in [0.25, 0.3) is 0 Å². The van der Waals surface area contributed by atoms with Gasteiger partial charge in [0, 0.05) is 13.0 Å². The second kappa shape index (κ2) is 6.97. The molecule has 0 radical (unpaired) electrons. The number of methoxy groups -OCH3 is 1. The first-order valence-electron chi connectivity index (χ1n) is 8.21. The van der Waals surface area contributed by atoms with E-state index in [-0.39, 0.29) is 18.3 Å². The van der Waals surface area contributed by atoms with Crippen LogP contribution in [-0.4, -0.2) is 25.5 Å². The highest BCUT2D eigenvalue weighted by Gasteiger charge is 2.37. The monoisotopic (exact) mass is 339 g/mol. The molecule has 25 heavy (non-hydrogen) atoms. The van der Waals surface area contributed by atoms with E-state index >= 15 is 0 Å². The van der Waals surface area contributed by atoms with Crippen molar-refractivity contribution in [3.8, 4) is 11.5 Å². The number of carbonyl (C=O) groups excluding carboxylic acids is 2. The Balaban J connectivity index is 1.74. The third-order valence-corrected chi connectivity index (χ3v) is 4.25. The van der Waals surface area contributed by atoms with Gasteiger partial charge in [0.2, 0.25) is 5.91 Å².